The van der Waals surface area contributed by atoms with Crippen LogP contribution in [0.3, 0.4) is 0 Å². The lowest BCUT2D eigenvalue weighted by atomic mass is 10.3. The average molecular weight is 115 g/mol. The summed E-state index contributed by atoms with van der Waals surface area (Å²) in [7, 11) is 2.09. The Bertz CT molecular complexity index is 74.6. The van der Waals surface area contributed by atoms with Crippen LogP contribution < -0.4 is 0 Å². The largest absolute Gasteiger partial charge is 0.362 e. The van der Waals surface area contributed by atoms with Gasteiger partial charge in [-0.1, -0.05) is 0 Å². The van der Waals surface area contributed by atoms with Gasteiger partial charge in [0, 0.05) is 6.04 Å². The Labute approximate surface area is 50.4 Å². The number of nitrogens with zero attached hydrogens (tertiary/aromatic N) is 1. The second-order valence-corrected chi connectivity index (χ2v) is 2.45. The third-order valence-corrected chi connectivity index (χ3v) is 1.85. The molecule has 2 atom stereocenters. The number of ether oxygens (including phenoxy) is 1. The van der Waals surface area contributed by atoms with E-state index in [1.807, 2.05) is 0 Å². The van der Waals surface area contributed by atoms with Crippen LogP contribution >= 0.6 is 0 Å². The molecule has 2 unspecified atom stereocenters. The van der Waals surface area contributed by atoms with E-state index in [-0.39, 0.29) is 0 Å². The van der Waals surface area contributed by atoms with E-state index in [0.717, 1.165) is 6.61 Å². The lowest BCUT2D eigenvalue weighted by Gasteiger charge is -2.15. The Morgan fingerprint density at radius 1 is 1.50 bits per heavy atom. The molecule has 0 aromatic heterocycles. The fourth-order valence-electron chi connectivity index (χ4n) is 0.872. The Kier molecular flexibility index (Phi) is 1.54. The van der Waals surface area contributed by atoms with Crippen LogP contribution in [0.1, 0.15) is 13.8 Å². The summed E-state index contributed by atoms with van der Waals surface area (Å²) in [6.07, 6.45) is 0.324. The molecule has 1 saturated heterocycles. The predicted octanol–water partition coefficient (Wildman–Crippen LogP) is 0.683. The van der Waals surface area contributed by atoms with E-state index in [4.69, 9.17) is 4.74 Å². The summed E-state index contributed by atoms with van der Waals surface area (Å²) in [4.78, 5) is 2.22. The molecule has 0 saturated carbocycles. The molecule has 8 heavy (non-hydrogen) atoms. The smallest absolute Gasteiger partial charge is 0.107 e. The molecule has 1 fully saturated rings. The molecule has 0 spiro atoms. The van der Waals surface area contributed by atoms with Crippen molar-refractivity contribution in [2.75, 3.05) is 13.7 Å². The molecule has 0 aromatic carbocycles. The molecule has 1 aliphatic rings. The molecule has 0 N–H and O–H groups in total. The van der Waals surface area contributed by atoms with E-state index in [1.54, 1.807) is 0 Å². The quantitative estimate of drug-likeness (QED) is 0.460. The summed E-state index contributed by atoms with van der Waals surface area (Å²) in [6, 6.07) is 0.602. The van der Waals surface area contributed by atoms with Gasteiger partial charge in [-0.2, -0.15) is 0 Å². The first-order valence-electron chi connectivity index (χ1n) is 3.05. The second-order valence-electron chi connectivity index (χ2n) is 2.45. The topological polar surface area (TPSA) is 12.5 Å². The van der Waals surface area contributed by atoms with Gasteiger partial charge in [-0.25, -0.2) is 0 Å². The SMILES string of the molecule is CC1COC(C)N1C. The van der Waals surface area contributed by atoms with Crippen molar-refractivity contribution >= 4 is 0 Å². The van der Waals surface area contributed by atoms with Gasteiger partial charge in [0.15, 0.2) is 0 Å². The molecule has 1 aliphatic heterocycles. The van der Waals surface area contributed by atoms with Crippen LogP contribution in [0.15, 0.2) is 0 Å². The van der Waals surface area contributed by atoms with Crippen LogP contribution in [0, 0.1) is 0 Å². The normalized spacial score (nSPS) is 40.9. The van der Waals surface area contributed by atoms with Crippen molar-refractivity contribution in [1.29, 1.82) is 0 Å². The van der Waals surface area contributed by atoms with Crippen molar-refractivity contribution in [3.63, 3.8) is 0 Å². The minimum absolute atomic E-state index is 0.324. The highest BCUT2D eigenvalue weighted by Gasteiger charge is 2.23. The summed E-state index contributed by atoms with van der Waals surface area (Å²) in [5, 5.41) is 0. The minimum Gasteiger partial charge on any atom is -0.362 e. The summed E-state index contributed by atoms with van der Waals surface area (Å²) in [6.45, 7) is 5.13. The third-order valence-electron chi connectivity index (χ3n) is 1.85. The fourth-order valence-corrected chi connectivity index (χ4v) is 0.872. The van der Waals surface area contributed by atoms with Crippen LogP contribution in [0.5, 0.6) is 0 Å². The molecular weight excluding hydrogens is 102 g/mol. The monoisotopic (exact) mass is 115 g/mol. The van der Waals surface area contributed by atoms with Gasteiger partial charge >= 0.3 is 0 Å². The van der Waals surface area contributed by atoms with Gasteiger partial charge in [-0.05, 0) is 20.9 Å². The Hall–Kier alpha value is -0.0800. The van der Waals surface area contributed by atoms with Gasteiger partial charge in [0.2, 0.25) is 0 Å². The first kappa shape index (κ1) is 6.05. The summed E-state index contributed by atoms with van der Waals surface area (Å²) < 4.78 is 5.30. The van der Waals surface area contributed by atoms with Crippen molar-refractivity contribution in [1.82, 2.24) is 4.90 Å². The summed E-state index contributed by atoms with van der Waals surface area (Å²) >= 11 is 0. The zero-order valence-corrected chi connectivity index (χ0v) is 5.72. The van der Waals surface area contributed by atoms with Crippen LogP contribution in [-0.4, -0.2) is 30.8 Å². The Morgan fingerprint density at radius 3 is 2.25 bits per heavy atom. The van der Waals surface area contributed by atoms with Gasteiger partial charge in [-0.15, -0.1) is 0 Å². The molecule has 0 amide bonds. The molecule has 0 radical (unpaired) electrons. The first-order valence-corrected chi connectivity index (χ1v) is 3.05. The van der Waals surface area contributed by atoms with Crippen LogP contribution in [0.4, 0.5) is 0 Å². The molecule has 48 valence electrons. The van der Waals surface area contributed by atoms with E-state index in [2.05, 4.69) is 25.8 Å². The molecule has 1 rings (SSSR count). The van der Waals surface area contributed by atoms with Crippen LogP contribution in [0.25, 0.3) is 0 Å². The number of rotatable bonds is 0. The van der Waals surface area contributed by atoms with Crippen molar-refractivity contribution in [2.24, 2.45) is 0 Å². The second kappa shape index (κ2) is 2.03. The zero-order valence-electron chi connectivity index (χ0n) is 5.72. The molecule has 0 aliphatic carbocycles. The van der Waals surface area contributed by atoms with Crippen molar-refractivity contribution in [2.45, 2.75) is 26.1 Å². The van der Waals surface area contributed by atoms with E-state index in [0.29, 0.717) is 12.3 Å². The molecule has 1 heterocycles. The third kappa shape index (κ3) is 0.858. The van der Waals surface area contributed by atoms with E-state index >= 15 is 0 Å². The van der Waals surface area contributed by atoms with E-state index in [1.165, 1.54) is 0 Å². The lowest BCUT2D eigenvalue weighted by molar-refractivity contribution is 0.0610. The van der Waals surface area contributed by atoms with Gasteiger partial charge in [0.05, 0.1) is 6.61 Å². The fraction of sp³-hybridized carbons (Fsp3) is 1.00. The highest BCUT2D eigenvalue weighted by atomic mass is 16.5. The van der Waals surface area contributed by atoms with Crippen molar-refractivity contribution in [3.8, 4) is 0 Å². The molecular formula is C6H13NO. The Morgan fingerprint density at radius 2 is 2.12 bits per heavy atom. The summed E-state index contributed by atoms with van der Waals surface area (Å²) in [5.74, 6) is 0. The van der Waals surface area contributed by atoms with Crippen LogP contribution in [-0.2, 0) is 4.74 Å². The standard InChI is InChI=1S/C6H13NO/c1-5-4-8-6(2)7(5)3/h5-6H,4H2,1-3H3. The summed E-state index contributed by atoms with van der Waals surface area (Å²) in [5.41, 5.74) is 0. The van der Waals surface area contributed by atoms with Crippen molar-refractivity contribution < 1.29 is 4.74 Å². The first-order chi connectivity index (χ1) is 3.72. The predicted molar refractivity (Wildman–Crippen MR) is 32.6 cm³/mol. The molecule has 0 bridgehead atoms. The lowest BCUT2D eigenvalue weighted by Crippen LogP contribution is -2.28. The average Bonchev–Trinajstić information content (AvgIpc) is 1.98. The minimum atomic E-state index is 0.324. The molecule has 0 aromatic rings. The van der Waals surface area contributed by atoms with Gasteiger partial charge in [0.25, 0.3) is 0 Å². The number of hydrogen-bond acceptors (Lipinski definition) is 2. The zero-order chi connectivity index (χ0) is 6.15. The Balaban J connectivity index is 2.44. The van der Waals surface area contributed by atoms with Gasteiger partial charge in [-0.3, -0.25) is 4.90 Å². The molecule has 2 nitrogen and oxygen atoms in total. The van der Waals surface area contributed by atoms with Crippen LogP contribution in [0.2, 0.25) is 0 Å². The van der Waals surface area contributed by atoms with Crippen molar-refractivity contribution in [3.05, 3.63) is 0 Å². The number of hydrogen-bond donors (Lipinski definition) is 0. The maximum atomic E-state index is 5.30. The maximum absolute atomic E-state index is 5.30. The van der Waals surface area contributed by atoms with Gasteiger partial charge < -0.3 is 4.74 Å². The van der Waals surface area contributed by atoms with E-state index in [9.17, 15) is 0 Å². The maximum Gasteiger partial charge on any atom is 0.107 e. The highest BCUT2D eigenvalue weighted by Crippen LogP contribution is 2.11. The highest BCUT2D eigenvalue weighted by molar-refractivity contribution is 4.69. The molecule has 2 heteroatoms. The number of likely N-dealkylation sites (N-methyl/N-ethyl adjacent to an activating group) is 1. The van der Waals surface area contributed by atoms with Gasteiger partial charge in [0.1, 0.15) is 6.23 Å². The van der Waals surface area contributed by atoms with E-state index < -0.39 is 0 Å².